The number of nitrogens with one attached hydrogen (secondary N) is 1. The highest BCUT2D eigenvalue weighted by molar-refractivity contribution is 5.95. The summed E-state index contributed by atoms with van der Waals surface area (Å²) in [4.78, 5) is 37.9. The summed E-state index contributed by atoms with van der Waals surface area (Å²) in [5.41, 5.74) is 2.93. The van der Waals surface area contributed by atoms with Crippen molar-refractivity contribution in [2.75, 3.05) is 13.7 Å². The SMILES string of the molecule is CN(Cc1ccccc1C(=O)NCc1ccccc1)Cc1ccc2c(c1C(=O)O)OC[C@H](CCC(=O)O)O2. The van der Waals surface area contributed by atoms with Crippen LogP contribution in [0.1, 0.15) is 50.2 Å². The Morgan fingerprint density at radius 3 is 2.39 bits per heavy atom. The van der Waals surface area contributed by atoms with Crippen LogP contribution in [0.5, 0.6) is 11.5 Å². The molecule has 1 amide bonds. The summed E-state index contributed by atoms with van der Waals surface area (Å²) >= 11 is 0. The fourth-order valence-corrected chi connectivity index (χ4v) is 4.41. The Morgan fingerprint density at radius 1 is 0.947 bits per heavy atom. The molecule has 0 spiro atoms. The number of fused-ring (bicyclic) bond motifs is 1. The minimum atomic E-state index is -1.14. The molecular weight excluding hydrogens is 488 g/mol. The molecule has 1 aliphatic rings. The third-order valence-corrected chi connectivity index (χ3v) is 6.25. The normalized spacial score (nSPS) is 14.2. The van der Waals surface area contributed by atoms with Gasteiger partial charge in [-0.1, -0.05) is 54.6 Å². The maximum absolute atomic E-state index is 12.9. The summed E-state index contributed by atoms with van der Waals surface area (Å²) in [5.74, 6) is -1.81. The van der Waals surface area contributed by atoms with Crippen molar-refractivity contribution in [3.05, 3.63) is 94.5 Å². The van der Waals surface area contributed by atoms with Gasteiger partial charge in [0.25, 0.3) is 5.91 Å². The molecule has 9 nitrogen and oxygen atoms in total. The largest absolute Gasteiger partial charge is 0.485 e. The number of aromatic carboxylic acids is 1. The standard InChI is InChI=1S/C29H30N2O7/c1-31(16-20-9-5-6-10-23(20)28(34)30-15-19-7-3-2-4-8-19)17-21-11-13-24-27(26(21)29(35)36)37-18-22(38-24)12-14-25(32)33/h2-11,13,22H,12,14-18H2,1H3,(H,30,34)(H,32,33)(H,35,36)/t22-/m0/s1. The van der Waals surface area contributed by atoms with Gasteiger partial charge in [0.2, 0.25) is 0 Å². The van der Waals surface area contributed by atoms with Gasteiger partial charge in [0.15, 0.2) is 11.5 Å². The van der Waals surface area contributed by atoms with Crippen molar-refractivity contribution >= 4 is 17.8 Å². The van der Waals surface area contributed by atoms with Gasteiger partial charge in [-0.05, 0) is 42.3 Å². The maximum Gasteiger partial charge on any atom is 0.339 e. The zero-order valence-corrected chi connectivity index (χ0v) is 21.1. The van der Waals surface area contributed by atoms with E-state index in [9.17, 15) is 19.5 Å². The first-order chi connectivity index (χ1) is 18.3. The molecule has 0 bridgehead atoms. The van der Waals surface area contributed by atoms with E-state index in [0.717, 1.165) is 11.1 Å². The Labute approximate surface area is 220 Å². The lowest BCUT2D eigenvalue weighted by molar-refractivity contribution is -0.137. The Morgan fingerprint density at radius 2 is 1.66 bits per heavy atom. The summed E-state index contributed by atoms with van der Waals surface area (Å²) < 4.78 is 11.6. The van der Waals surface area contributed by atoms with Crippen LogP contribution in [0.25, 0.3) is 0 Å². The molecule has 3 aromatic rings. The zero-order valence-electron chi connectivity index (χ0n) is 21.1. The fourth-order valence-electron chi connectivity index (χ4n) is 4.41. The molecule has 1 aliphatic heterocycles. The third-order valence-electron chi connectivity index (χ3n) is 6.25. The summed E-state index contributed by atoms with van der Waals surface area (Å²) in [7, 11) is 1.85. The van der Waals surface area contributed by atoms with Crippen molar-refractivity contribution in [1.29, 1.82) is 0 Å². The summed E-state index contributed by atoms with van der Waals surface area (Å²) in [6.45, 7) is 1.20. The van der Waals surface area contributed by atoms with Gasteiger partial charge in [-0.2, -0.15) is 0 Å². The van der Waals surface area contributed by atoms with Crippen LogP contribution in [0.3, 0.4) is 0 Å². The van der Waals surface area contributed by atoms with Crippen molar-refractivity contribution in [2.24, 2.45) is 0 Å². The van der Waals surface area contributed by atoms with E-state index in [0.29, 0.717) is 30.8 Å². The van der Waals surface area contributed by atoms with E-state index < -0.39 is 18.0 Å². The molecular formula is C29H30N2O7. The molecule has 0 saturated carbocycles. The van der Waals surface area contributed by atoms with E-state index in [1.807, 2.05) is 60.5 Å². The lowest BCUT2D eigenvalue weighted by Crippen LogP contribution is -2.31. The molecule has 4 rings (SSSR count). The molecule has 3 aromatic carbocycles. The number of rotatable bonds is 11. The maximum atomic E-state index is 12.9. The highest BCUT2D eigenvalue weighted by Gasteiger charge is 2.29. The zero-order chi connectivity index (χ0) is 27.1. The second-order valence-electron chi connectivity index (χ2n) is 9.21. The number of carbonyl (C=O) groups excluding carboxylic acids is 1. The van der Waals surface area contributed by atoms with Crippen LogP contribution < -0.4 is 14.8 Å². The Balaban J connectivity index is 1.45. The van der Waals surface area contributed by atoms with E-state index in [-0.39, 0.29) is 42.4 Å². The molecule has 0 unspecified atom stereocenters. The van der Waals surface area contributed by atoms with E-state index in [4.69, 9.17) is 14.6 Å². The number of ether oxygens (including phenoxy) is 2. The van der Waals surface area contributed by atoms with E-state index in [2.05, 4.69) is 5.32 Å². The quantitative estimate of drug-likeness (QED) is 0.348. The van der Waals surface area contributed by atoms with E-state index in [1.165, 1.54) is 0 Å². The van der Waals surface area contributed by atoms with Gasteiger partial charge in [0.05, 0.1) is 0 Å². The Kier molecular flexibility index (Phi) is 8.60. The number of nitrogens with zero attached hydrogens (tertiary/aromatic N) is 1. The van der Waals surface area contributed by atoms with Crippen molar-refractivity contribution < 1.29 is 34.1 Å². The monoisotopic (exact) mass is 518 g/mol. The molecule has 0 aromatic heterocycles. The van der Waals surface area contributed by atoms with Gasteiger partial charge in [-0.25, -0.2) is 4.79 Å². The molecule has 9 heteroatoms. The lowest BCUT2D eigenvalue weighted by Gasteiger charge is -2.28. The average Bonchev–Trinajstić information content (AvgIpc) is 2.91. The number of carbonyl (C=O) groups is 3. The molecule has 1 atom stereocenters. The summed E-state index contributed by atoms with van der Waals surface area (Å²) in [6, 6.07) is 20.3. The minimum Gasteiger partial charge on any atom is -0.485 e. The second-order valence-corrected chi connectivity index (χ2v) is 9.21. The number of hydrogen-bond acceptors (Lipinski definition) is 6. The molecule has 0 radical (unpaired) electrons. The molecule has 198 valence electrons. The summed E-state index contributed by atoms with van der Waals surface area (Å²) in [6.07, 6.45) is -0.262. The molecule has 0 fully saturated rings. The Hall–Kier alpha value is -4.37. The van der Waals surface area contributed by atoms with Crippen molar-refractivity contribution in [1.82, 2.24) is 10.2 Å². The number of benzene rings is 3. The average molecular weight is 519 g/mol. The van der Waals surface area contributed by atoms with Crippen LogP contribution >= 0.6 is 0 Å². The van der Waals surface area contributed by atoms with Crippen LogP contribution in [-0.4, -0.2) is 52.7 Å². The van der Waals surface area contributed by atoms with E-state index in [1.54, 1.807) is 18.2 Å². The van der Waals surface area contributed by atoms with Gasteiger partial charge < -0.3 is 25.0 Å². The van der Waals surface area contributed by atoms with Gasteiger partial charge in [-0.3, -0.25) is 14.5 Å². The van der Waals surface area contributed by atoms with Crippen LogP contribution in [0.4, 0.5) is 0 Å². The van der Waals surface area contributed by atoms with E-state index >= 15 is 0 Å². The van der Waals surface area contributed by atoms with Gasteiger partial charge in [-0.15, -0.1) is 0 Å². The predicted molar refractivity (Wildman–Crippen MR) is 139 cm³/mol. The lowest BCUT2D eigenvalue weighted by atomic mass is 10.0. The first kappa shape index (κ1) is 26.7. The topological polar surface area (TPSA) is 125 Å². The minimum absolute atomic E-state index is 0.0138. The molecule has 38 heavy (non-hydrogen) atoms. The first-order valence-electron chi connectivity index (χ1n) is 12.3. The highest BCUT2D eigenvalue weighted by Crippen LogP contribution is 2.38. The van der Waals surface area contributed by atoms with Crippen LogP contribution in [0.2, 0.25) is 0 Å². The fraction of sp³-hybridized carbons (Fsp3) is 0.276. The van der Waals surface area contributed by atoms with Crippen molar-refractivity contribution in [2.45, 2.75) is 38.6 Å². The number of carboxylic acids is 2. The number of aliphatic carboxylic acids is 1. The Bertz CT molecular complexity index is 1310. The van der Waals surface area contributed by atoms with Crippen molar-refractivity contribution in [3.63, 3.8) is 0 Å². The molecule has 1 heterocycles. The molecule has 0 saturated heterocycles. The molecule has 0 aliphatic carbocycles. The predicted octanol–water partition coefficient (Wildman–Crippen LogP) is 3.95. The van der Waals surface area contributed by atoms with Gasteiger partial charge in [0.1, 0.15) is 18.3 Å². The van der Waals surface area contributed by atoms with Gasteiger partial charge in [0, 0.05) is 31.6 Å². The van der Waals surface area contributed by atoms with Crippen LogP contribution in [0.15, 0.2) is 66.7 Å². The van der Waals surface area contributed by atoms with Crippen LogP contribution in [-0.2, 0) is 24.4 Å². The number of hydrogen-bond donors (Lipinski definition) is 3. The second kappa shape index (κ2) is 12.2. The summed E-state index contributed by atoms with van der Waals surface area (Å²) in [5, 5.41) is 21.8. The first-order valence-corrected chi connectivity index (χ1v) is 12.3. The van der Waals surface area contributed by atoms with Crippen molar-refractivity contribution in [3.8, 4) is 11.5 Å². The number of amides is 1. The molecule has 3 N–H and O–H groups in total. The highest BCUT2D eigenvalue weighted by atomic mass is 16.6. The number of carboxylic acid groups (broad SMARTS) is 2. The smallest absolute Gasteiger partial charge is 0.339 e. The van der Waals surface area contributed by atoms with Crippen LogP contribution in [0, 0.1) is 0 Å². The third kappa shape index (κ3) is 6.68. The van der Waals surface area contributed by atoms with Gasteiger partial charge >= 0.3 is 11.9 Å².